The van der Waals surface area contributed by atoms with Crippen molar-refractivity contribution >= 4 is 37.7 Å². The second-order valence-electron chi connectivity index (χ2n) is 5.59. The summed E-state index contributed by atoms with van der Waals surface area (Å²) in [6.07, 6.45) is -0.168. The van der Waals surface area contributed by atoms with Crippen LogP contribution in [-0.4, -0.2) is 27.3 Å². The Morgan fingerprint density at radius 2 is 1.85 bits per heavy atom. The molecule has 138 valence electrons. The number of carbonyl (C=O) groups is 2. The van der Waals surface area contributed by atoms with Crippen molar-refractivity contribution in [2.24, 2.45) is 0 Å². The lowest BCUT2D eigenvalue weighted by Crippen LogP contribution is -2.30. The van der Waals surface area contributed by atoms with E-state index in [9.17, 15) is 18.0 Å². The Labute approximate surface area is 160 Å². The molecule has 0 amide bonds. The van der Waals surface area contributed by atoms with Gasteiger partial charge in [-0.25, -0.2) is 13.1 Å². The number of nitrogens with one attached hydrogen (secondary N) is 1. The average molecular weight is 440 g/mol. The molecule has 0 aliphatic heterocycles. The molecule has 2 aromatic carbocycles. The molecule has 0 aliphatic rings. The van der Waals surface area contributed by atoms with Gasteiger partial charge in [-0.2, -0.15) is 0 Å². The minimum Gasteiger partial charge on any atom is -0.469 e. The van der Waals surface area contributed by atoms with Crippen LogP contribution in [0.15, 0.2) is 57.9 Å². The smallest absolute Gasteiger partial charge is 0.307 e. The van der Waals surface area contributed by atoms with Crippen LogP contribution in [0.2, 0.25) is 0 Å². The fraction of sp³-hybridized carbons (Fsp3) is 0.222. The third-order valence-electron chi connectivity index (χ3n) is 3.70. The van der Waals surface area contributed by atoms with E-state index in [0.717, 1.165) is 4.47 Å². The Hall–Kier alpha value is -2.03. The third-order valence-corrected chi connectivity index (χ3v) is 5.66. The van der Waals surface area contributed by atoms with Gasteiger partial charge in [0.15, 0.2) is 5.78 Å². The molecule has 0 radical (unpaired) electrons. The van der Waals surface area contributed by atoms with Crippen molar-refractivity contribution in [1.29, 1.82) is 0 Å². The van der Waals surface area contributed by atoms with Gasteiger partial charge in [0.1, 0.15) is 0 Å². The van der Waals surface area contributed by atoms with Crippen molar-refractivity contribution < 1.29 is 22.7 Å². The van der Waals surface area contributed by atoms with E-state index in [2.05, 4.69) is 25.4 Å². The molecule has 0 heterocycles. The lowest BCUT2D eigenvalue weighted by molar-refractivity contribution is -0.141. The number of Topliss-reactive ketones (excluding diaryl/α,β-unsaturated/α-hetero) is 1. The summed E-state index contributed by atoms with van der Waals surface area (Å²) in [6, 6.07) is 11.9. The number of methoxy groups -OCH3 is 1. The summed E-state index contributed by atoms with van der Waals surface area (Å²) in [4.78, 5) is 23.2. The highest BCUT2D eigenvalue weighted by Crippen LogP contribution is 2.24. The normalized spacial score (nSPS) is 12.4. The van der Waals surface area contributed by atoms with Crippen molar-refractivity contribution in [1.82, 2.24) is 4.72 Å². The molecule has 1 atom stereocenters. The van der Waals surface area contributed by atoms with E-state index in [1.807, 2.05) is 0 Å². The predicted molar refractivity (Wildman–Crippen MR) is 100 cm³/mol. The number of ketones is 1. The van der Waals surface area contributed by atoms with E-state index in [-0.39, 0.29) is 17.1 Å². The molecule has 0 bridgehead atoms. The first-order chi connectivity index (χ1) is 12.2. The fourth-order valence-corrected chi connectivity index (χ4v) is 4.03. The molecule has 8 heteroatoms. The van der Waals surface area contributed by atoms with E-state index >= 15 is 0 Å². The maximum atomic E-state index is 12.8. The molecule has 0 aliphatic carbocycles. The molecule has 0 spiro atoms. The fourth-order valence-electron chi connectivity index (χ4n) is 2.34. The number of benzene rings is 2. The van der Waals surface area contributed by atoms with Gasteiger partial charge in [-0.05, 0) is 36.8 Å². The van der Waals surface area contributed by atoms with Crippen LogP contribution in [0.1, 0.15) is 35.3 Å². The first-order valence-corrected chi connectivity index (χ1v) is 9.96. The Balaban J connectivity index is 2.38. The Kier molecular flexibility index (Phi) is 6.69. The largest absolute Gasteiger partial charge is 0.469 e. The Morgan fingerprint density at radius 3 is 2.46 bits per heavy atom. The van der Waals surface area contributed by atoms with Crippen LogP contribution in [0.3, 0.4) is 0 Å². The number of ether oxygens (including phenoxy) is 1. The predicted octanol–water partition coefficient (Wildman–Crippen LogP) is 3.23. The molecule has 0 fully saturated rings. The second-order valence-corrected chi connectivity index (χ2v) is 8.22. The molecule has 2 rings (SSSR count). The van der Waals surface area contributed by atoms with Crippen molar-refractivity contribution in [3.8, 4) is 0 Å². The first-order valence-electron chi connectivity index (χ1n) is 7.68. The molecule has 6 nitrogen and oxygen atoms in total. The Morgan fingerprint density at radius 1 is 1.15 bits per heavy atom. The van der Waals surface area contributed by atoms with Gasteiger partial charge < -0.3 is 4.74 Å². The van der Waals surface area contributed by atoms with E-state index in [1.54, 1.807) is 30.3 Å². The topological polar surface area (TPSA) is 89.5 Å². The highest BCUT2D eigenvalue weighted by molar-refractivity contribution is 9.10. The zero-order valence-corrected chi connectivity index (χ0v) is 16.6. The van der Waals surface area contributed by atoms with Crippen LogP contribution >= 0.6 is 15.9 Å². The van der Waals surface area contributed by atoms with E-state index in [4.69, 9.17) is 0 Å². The molecular formula is C18H18BrNO5S. The van der Waals surface area contributed by atoms with Crippen molar-refractivity contribution in [2.75, 3.05) is 7.11 Å². The lowest BCUT2D eigenvalue weighted by atomic mass is 10.1. The lowest BCUT2D eigenvalue weighted by Gasteiger charge is -2.19. The van der Waals surface area contributed by atoms with Crippen LogP contribution in [-0.2, 0) is 19.6 Å². The molecule has 0 saturated heterocycles. The number of halogens is 1. The standard InChI is InChI=1S/C18H18BrNO5S/c1-12(21)13-5-4-8-16(10-13)26(23,24)20-17(11-18(22)25-2)14-6-3-7-15(19)9-14/h3-10,17,20H,11H2,1-2H3/t17-/m1/s1. The Bertz CT molecular complexity index is 927. The number of rotatable bonds is 7. The quantitative estimate of drug-likeness (QED) is 0.528. The van der Waals surface area contributed by atoms with Crippen LogP contribution in [0, 0.1) is 0 Å². The van der Waals surface area contributed by atoms with Gasteiger partial charge in [0.05, 0.1) is 24.5 Å². The van der Waals surface area contributed by atoms with Crippen LogP contribution in [0.4, 0.5) is 0 Å². The molecule has 26 heavy (non-hydrogen) atoms. The van der Waals surface area contributed by atoms with Crippen LogP contribution in [0.5, 0.6) is 0 Å². The van der Waals surface area contributed by atoms with Crippen molar-refractivity contribution in [2.45, 2.75) is 24.3 Å². The molecule has 0 saturated carbocycles. The molecule has 0 aromatic heterocycles. The van der Waals surface area contributed by atoms with Gasteiger partial charge in [-0.15, -0.1) is 0 Å². The van der Waals surface area contributed by atoms with Gasteiger partial charge in [-0.1, -0.05) is 40.2 Å². The highest BCUT2D eigenvalue weighted by Gasteiger charge is 2.24. The number of sulfonamides is 1. The van der Waals surface area contributed by atoms with Gasteiger partial charge in [0.2, 0.25) is 10.0 Å². The summed E-state index contributed by atoms with van der Waals surface area (Å²) in [6.45, 7) is 1.36. The monoisotopic (exact) mass is 439 g/mol. The zero-order valence-electron chi connectivity index (χ0n) is 14.2. The number of hydrogen-bond donors (Lipinski definition) is 1. The second kappa shape index (κ2) is 8.57. The molecule has 0 unspecified atom stereocenters. The summed E-state index contributed by atoms with van der Waals surface area (Å²) in [7, 11) is -2.71. The van der Waals surface area contributed by atoms with Crippen molar-refractivity contribution in [3.63, 3.8) is 0 Å². The minimum atomic E-state index is -3.96. The first kappa shape index (κ1) is 20.3. The summed E-state index contributed by atoms with van der Waals surface area (Å²) in [5.41, 5.74) is 0.899. The summed E-state index contributed by atoms with van der Waals surface area (Å²) in [5, 5.41) is 0. The number of hydrogen-bond acceptors (Lipinski definition) is 5. The van der Waals surface area contributed by atoms with Gasteiger partial charge >= 0.3 is 5.97 Å². The highest BCUT2D eigenvalue weighted by atomic mass is 79.9. The van der Waals surface area contributed by atoms with E-state index < -0.39 is 22.0 Å². The average Bonchev–Trinajstić information content (AvgIpc) is 2.61. The minimum absolute atomic E-state index is 0.0462. The maximum absolute atomic E-state index is 12.8. The summed E-state index contributed by atoms with van der Waals surface area (Å²) < 4.78 is 33.5. The van der Waals surface area contributed by atoms with Crippen LogP contribution in [0.25, 0.3) is 0 Å². The van der Waals surface area contributed by atoms with Gasteiger partial charge in [0.25, 0.3) is 0 Å². The maximum Gasteiger partial charge on any atom is 0.307 e. The molecule has 2 aromatic rings. The van der Waals surface area contributed by atoms with Crippen LogP contribution < -0.4 is 4.72 Å². The van der Waals surface area contributed by atoms with E-state index in [1.165, 1.54) is 32.2 Å². The van der Waals surface area contributed by atoms with Gasteiger partial charge in [0, 0.05) is 10.0 Å². The number of carbonyl (C=O) groups excluding carboxylic acids is 2. The van der Waals surface area contributed by atoms with Gasteiger partial charge in [-0.3, -0.25) is 9.59 Å². The molecular weight excluding hydrogens is 422 g/mol. The summed E-state index contributed by atoms with van der Waals surface area (Å²) >= 11 is 3.33. The number of esters is 1. The van der Waals surface area contributed by atoms with Crippen molar-refractivity contribution in [3.05, 3.63) is 64.1 Å². The molecule has 1 N–H and O–H groups in total. The zero-order chi connectivity index (χ0) is 19.3. The summed E-state index contributed by atoms with van der Waals surface area (Å²) in [5.74, 6) is -0.782. The van der Waals surface area contributed by atoms with E-state index in [0.29, 0.717) is 11.1 Å². The third kappa shape index (κ3) is 5.23. The SMILES string of the molecule is COC(=O)C[C@@H](NS(=O)(=O)c1cccc(C(C)=O)c1)c1cccc(Br)c1.